The number of hydrogen-bond donors (Lipinski definition) is 0. The molecule has 0 saturated carbocycles. The van der Waals surface area contributed by atoms with Crippen LogP contribution in [-0.4, -0.2) is 53.4 Å². The molecule has 0 unspecified atom stereocenters. The molecule has 0 N–H and O–H groups in total. The summed E-state index contributed by atoms with van der Waals surface area (Å²) in [4.78, 5) is 18.8. The molecule has 1 atom stereocenters. The Balaban J connectivity index is 1.84. The van der Waals surface area contributed by atoms with Crippen molar-refractivity contribution in [3.8, 4) is 5.82 Å². The molecular weight excluding hydrogens is 300 g/mol. The van der Waals surface area contributed by atoms with Gasteiger partial charge in [0.05, 0.1) is 4.75 Å². The first kappa shape index (κ1) is 14.9. The van der Waals surface area contributed by atoms with E-state index in [9.17, 15) is 9.00 Å². The van der Waals surface area contributed by atoms with Gasteiger partial charge in [-0.15, -0.1) is 0 Å². The molecule has 1 aliphatic rings. The zero-order chi connectivity index (χ0) is 15.7. The van der Waals surface area contributed by atoms with Gasteiger partial charge in [0.2, 0.25) is 0 Å². The van der Waals surface area contributed by atoms with Gasteiger partial charge in [0.15, 0.2) is 5.82 Å². The lowest BCUT2D eigenvalue weighted by Gasteiger charge is -2.37. The van der Waals surface area contributed by atoms with Gasteiger partial charge >= 0.3 is 0 Å². The van der Waals surface area contributed by atoms with Crippen molar-refractivity contribution >= 4 is 16.7 Å². The molecule has 1 aliphatic heterocycles. The van der Waals surface area contributed by atoms with E-state index in [1.165, 1.54) is 0 Å². The summed E-state index contributed by atoms with van der Waals surface area (Å²) in [7, 11) is -0.901. The summed E-state index contributed by atoms with van der Waals surface area (Å²) < 4.78 is 13.2. The fraction of sp³-hybridized carbons (Fsp3) is 0.400. The Morgan fingerprint density at radius 1 is 1.32 bits per heavy atom. The van der Waals surface area contributed by atoms with Crippen molar-refractivity contribution in [2.75, 3.05) is 18.8 Å². The van der Waals surface area contributed by atoms with Crippen LogP contribution in [-0.2, 0) is 10.8 Å². The van der Waals surface area contributed by atoms with Crippen LogP contribution in [0, 0.1) is 0 Å². The maximum absolute atomic E-state index is 12.7. The monoisotopic (exact) mass is 318 g/mol. The van der Waals surface area contributed by atoms with Crippen LogP contribution in [0.4, 0.5) is 0 Å². The van der Waals surface area contributed by atoms with Gasteiger partial charge in [-0.1, -0.05) is 6.07 Å². The lowest BCUT2D eigenvalue weighted by atomic mass is 10.1. The second-order valence-corrected chi connectivity index (χ2v) is 8.07. The standard InChI is InChI=1S/C15H18N4O2S/c1-15(2)11-18(9-10-22(15)21)14(20)12-5-3-6-13(17-12)19-8-4-7-16-19/h3-8H,9-11H2,1-2H3/t22-/m1/s1. The SMILES string of the molecule is CC1(C)CN(C(=O)c2cccc(-n3cccn3)n2)CC[S@]1=O. The molecule has 3 rings (SSSR count). The molecule has 7 heteroatoms. The minimum absolute atomic E-state index is 0.126. The Bertz CT molecular complexity index is 712. The number of hydrogen-bond acceptors (Lipinski definition) is 4. The highest BCUT2D eigenvalue weighted by atomic mass is 32.2. The number of nitrogens with zero attached hydrogens (tertiary/aromatic N) is 4. The third-order valence-electron chi connectivity index (χ3n) is 3.71. The molecule has 0 radical (unpaired) electrons. The molecule has 2 aromatic rings. The summed E-state index contributed by atoms with van der Waals surface area (Å²) in [6.45, 7) is 4.83. The molecule has 1 saturated heterocycles. The summed E-state index contributed by atoms with van der Waals surface area (Å²) in [6, 6.07) is 7.11. The lowest BCUT2D eigenvalue weighted by molar-refractivity contribution is 0.0740. The molecule has 22 heavy (non-hydrogen) atoms. The van der Waals surface area contributed by atoms with Crippen molar-refractivity contribution in [2.45, 2.75) is 18.6 Å². The third-order valence-corrected chi connectivity index (χ3v) is 5.63. The summed E-state index contributed by atoms with van der Waals surface area (Å²) in [6.07, 6.45) is 3.45. The summed E-state index contributed by atoms with van der Waals surface area (Å²) in [5, 5.41) is 4.12. The van der Waals surface area contributed by atoms with Crippen LogP contribution in [0.15, 0.2) is 36.7 Å². The highest BCUT2D eigenvalue weighted by Crippen LogP contribution is 2.21. The van der Waals surface area contributed by atoms with Gasteiger partial charge in [0.1, 0.15) is 5.69 Å². The fourth-order valence-electron chi connectivity index (χ4n) is 2.49. The van der Waals surface area contributed by atoms with E-state index in [4.69, 9.17) is 0 Å². The van der Waals surface area contributed by atoms with Gasteiger partial charge in [0, 0.05) is 42.0 Å². The van der Waals surface area contributed by atoms with Crippen LogP contribution in [0.25, 0.3) is 5.82 Å². The molecule has 2 aromatic heterocycles. The van der Waals surface area contributed by atoms with E-state index < -0.39 is 10.8 Å². The summed E-state index contributed by atoms with van der Waals surface area (Å²) in [5.41, 5.74) is 0.386. The van der Waals surface area contributed by atoms with Crippen LogP contribution in [0.5, 0.6) is 0 Å². The van der Waals surface area contributed by atoms with E-state index in [0.717, 1.165) is 0 Å². The molecule has 1 amide bonds. The first-order chi connectivity index (χ1) is 10.5. The molecule has 6 nitrogen and oxygen atoms in total. The van der Waals surface area contributed by atoms with E-state index in [1.54, 1.807) is 46.2 Å². The predicted octanol–water partition coefficient (Wildman–Crippen LogP) is 1.25. The molecular formula is C15H18N4O2S. The Morgan fingerprint density at radius 2 is 2.14 bits per heavy atom. The first-order valence-corrected chi connectivity index (χ1v) is 8.44. The highest BCUT2D eigenvalue weighted by molar-refractivity contribution is 7.86. The average molecular weight is 318 g/mol. The van der Waals surface area contributed by atoms with E-state index in [1.807, 2.05) is 13.8 Å². The van der Waals surface area contributed by atoms with Gasteiger partial charge in [-0.25, -0.2) is 9.67 Å². The molecule has 0 bridgehead atoms. The summed E-state index contributed by atoms with van der Waals surface area (Å²) >= 11 is 0. The van der Waals surface area contributed by atoms with Crippen molar-refractivity contribution in [2.24, 2.45) is 0 Å². The van der Waals surface area contributed by atoms with Crippen LogP contribution in [0.3, 0.4) is 0 Å². The Hall–Kier alpha value is -2.02. The van der Waals surface area contributed by atoms with Gasteiger partial charge in [0.25, 0.3) is 5.91 Å². The molecule has 1 fully saturated rings. The first-order valence-electron chi connectivity index (χ1n) is 7.12. The van der Waals surface area contributed by atoms with Gasteiger partial charge in [-0.3, -0.25) is 9.00 Å². The van der Waals surface area contributed by atoms with Crippen LogP contribution >= 0.6 is 0 Å². The molecule has 3 heterocycles. The van der Waals surface area contributed by atoms with E-state index in [-0.39, 0.29) is 10.7 Å². The van der Waals surface area contributed by atoms with Gasteiger partial charge in [-0.2, -0.15) is 5.10 Å². The molecule has 0 aromatic carbocycles. The minimum Gasteiger partial charge on any atom is -0.335 e. The van der Waals surface area contributed by atoms with Gasteiger partial charge in [-0.05, 0) is 32.0 Å². The normalized spacial score (nSPS) is 20.8. The third kappa shape index (κ3) is 2.81. The fourth-order valence-corrected chi connectivity index (χ4v) is 3.73. The number of aromatic nitrogens is 3. The zero-order valence-electron chi connectivity index (χ0n) is 12.6. The molecule has 0 spiro atoms. The molecule has 0 aliphatic carbocycles. The number of carbonyl (C=O) groups is 1. The van der Waals surface area contributed by atoms with E-state index in [2.05, 4.69) is 10.1 Å². The number of amides is 1. The number of pyridine rings is 1. The van der Waals surface area contributed by atoms with Crippen molar-refractivity contribution in [3.05, 3.63) is 42.4 Å². The lowest BCUT2D eigenvalue weighted by Crippen LogP contribution is -2.52. The minimum atomic E-state index is -0.901. The maximum Gasteiger partial charge on any atom is 0.272 e. The van der Waals surface area contributed by atoms with E-state index >= 15 is 0 Å². The Labute approximate surface area is 131 Å². The average Bonchev–Trinajstić information content (AvgIpc) is 3.04. The second kappa shape index (κ2) is 5.64. The molecule has 116 valence electrons. The second-order valence-electron chi connectivity index (χ2n) is 5.87. The van der Waals surface area contributed by atoms with Crippen LogP contribution in [0.1, 0.15) is 24.3 Å². The van der Waals surface area contributed by atoms with Gasteiger partial charge < -0.3 is 4.90 Å². The van der Waals surface area contributed by atoms with Crippen LogP contribution in [0.2, 0.25) is 0 Å². The van der Waals surface area contributed by atoms with Crippen molar-refractivity contribution in [3.63, 3.8) is 0 Å². The number of carbonyl (C=O) groups excluding carboxylic acids is 1. The smallest absolute Gasteiger partial charge is 0.272 e. The maximum atomic E-state index is 12.7. The van der Waals surface area contributed by atoms with E-state index in [0.29, 0.717) is 30.4 Å². The largest absolute Gasteiger partial charge is 0.335 e. The zero-order valence-corrected chi connectivity index (χ0v) is 13.4. The Kier molecular flexibility index (Phi) is 3.82. The highest BCUT2D eigenvalue weighted by Gasteiger charge is 2.35. The quantitative estimate of drug-likeness (QED) is 0.836. The topological polar surface area (TPSA) is 68.1 Å². The Morgan fingerprint density at radius 3 is 2.82 bits per heavy atom. The predicted molar refractivity (Wildman–Crippen MR) is 84.4 cm³/mol. The van der Waals surface area contributed by atoms with Crippen LogP contribution < -0.4 is 0 Å². The van der Waals surface area contributed by atoms with Crippen molar-refractivity contribution < 1.29 is 9.00 Å². The summed E-state index contributed by atoms with van der Waals surface area (Å²) in [5.74, 6) is 0.992. The van der Waals surface area contributed by atoms with Crippen molar-refractivity contribution in [1.82, 2.24) is 19.7 Å². The van der Waals surface area contributed by atoms with Crippen molar-refractivity contribution in [1.29, 1.82) is 0 Å². The number of rotatable bonds is 2.